The highest BCUT2D eigenvalue weighted by molar-refractivity contribution is 5.94. The van der Waals surface area contributed by atoms with Gasteiger partial charge in [-0.25, -0.2) is 0 Å². The van der Waals surface area contributed by atoms with E-state index in [0.717, 1.165) is 18.4 Å². The predicted molar refractivity (Wildman–Crippen MR) is 103 cm³/mol. The number of hydrogen-bond acceptors (Lipinski definition) is 3. The minimum atomic E-state index is -0.0695. The van der Waals surface area contributed by atoms with Crippen LogP contribution in [0.1, 0.15) is 68.3 Å². The quantitative estimate of drug-likeness (QED) is 0.733. The molecule has 4 atom stereocenters. The van der Waals surface area contributed by atoms with E-state index in [4.69, 9.17) is 0 Å². The molecule has 4 unspecified atom stereocenters. The molecule has 1 aliphatic carbocycles. The maximum Gasteiger partial charge on any atom is 0.251 e. The van der Waals surface area contributed by atoms with Crippen molar-refractivity contribution in [3.8, 4) is 0 Å². The van der Waals surface area contributed by atoms with Crippen molar-refractivity contribution in [3.63, 3.8) is 0 Å². The number of rotatable bonds is 6. The largest absolute Gasteiger partial charge is 0.351 e. The van der Waals surface area contributed by atoms with E-state index in [0.29, 0.717) is 24.1 Å². The molecule has 0 bridgehead atoms. The lowest BCUT2D eigenvalue weighted by Crippen LogP contribution is -2.42. The first kappa shape index (κ1) is 18.9. The van der Waals surface area contributed by atoms with Gasteiger partial charge in [0.05, 0.1) is 6.04 Å². The molecule has 26 heavy (non-hydrogen) atoms. The summed E-state index contributed by atoms with van der Waals surface area (Å²) >= 11 is 0. The van der Waals surface area contributed by atoms with Crippen LogP contribution in [0.3, 0.4) is 0 Å². The summed E-state index contributed by atoms with van der Waals surface area (Å²) in [5.74, 6) is 0.676. The van der Waals surface area contributed by atoms with Gasteiger partial charge in [-0.05, 0) is 56.2 Å². The second-order valence-corrected chi connectivity index (χ2v) is 7.81. The van der Waals surface area contributed by atoms with Gasteiger partial charge in [0.25, 0.3) is 5.91 Å². The lowest BCUT2D eigenvalue weighted by molar-refractivity contribution is -0.123. The van der Waals surface area contributed by atoms with Crippen LogP contribution in [0.5, 0.6) is 0 Å². The predicted octanol–water partition coefficient (Wildman–Crippen LogP) is 2.75. The number of amides is 2. The molecule has 5 nitrogen and oxygen atoms in total. The molecule has 2 amide bonds. The minimum absolute atomic E-state index is 0.0611. The summed E-state index contributed by atoms with van der Waals surface area (Å²) in [5, 5.41) is 9.52. The van der Waals surface area contributed by atoms with Crippen molar-refractivity contribution in [2.45, 2.75) is 77.0 Å². The molecule has 2 aliphatic rings. The second-order valence-electron chi connectivity index (χ2n) is 7.81. The highest BCUT2D eigenvalue weighted by Gasteiger charge is 2.37. The zero-order valence-corrected chi connectivity index (χ0v) is 15.9. The van der Waals surface area contributed by atoms with Gasteiger partial charge in [-0.3, -0.25) is 9.59 Å². The molecule has 2 fully saturated rings. The first-order valence-electron chi connectivity index (χ1n) is 10.0. The average molecular weight is 357 g/mol. The van der Waals surface area contributed by atoms with Gasteiger partial charge in [0.2, 0.25) is 5.91 Å². The van der Waals surface area contributed by atoms with Crippen LogP contribution in [-0.4, -0.2) is 29.9 Å². The topological polar surface area (TPSA) is 70.2 Å². The van der Waals surface area contributed by atoms with Gasteiger partial charge in [0, 0.05) is 24.2 Å². The van der Waals surface area contributed by atoms with Crippen LogP contribution >= 0.6 is 0 Å². The Morgan fingerprint density at radius 3 is 2.85 bits per heavy atom. The van der Waals surface area contributed by atoms with Crippen LogP contribution in [-0.2, 0) is 11.3 Å². The van der Waals surface area contributed by atoms with Gasteiger partial charge in [-0.1, -0.05) is 31.9 Å². The van der Waals surface area contributed by atoms with Crippen molar-refractivity contribution in [2.24, 2.45) is 5.92 Å². The summed E-state index contributed by atoms with van der Waals surface area (Å²) in [7, 11) is 0. The summed E-state index contributed by atoms with van der Waals surface area (Å²) in [4.78, 5) is 24.8. The van der Waals surface area contributed by atoms with Crippen LogP contribution < -0.4 is 16.0 Å². The molecule has 3 rings (SSSR count). The van der Waals surface area contributed by atoms with Gasteiger partial charge < -0.3 is 16.0 Å². The minimum Gasteiger partial charge on any atom is -0.351 e. The van der Waals surface area contributed by atoms with E-state index in [-0.39, 0.29) is 23.9 Å². The van der Waals surface area contributed by atoms with Gasteiger partial charge >= 0.3 is 0 Å². The van der Waals surface area contributed by atoms with Crippen LogP contribution in [0.15, 0.2) is 24.3 Å². The summed E-state index contributed by atoms with van der Waals surface area (Å²) in [5.41, 5.74) is 1.59. The number of carbonyl (C=O) groups excluding carboxylic acids is 2. The Morgan fingerprint density at radius 1 is 1.27 bits per heavy atom. The molecule has 0 radical (unpaired) electrons. The second kappa shape index (κ2) is 8.67. The Hall–Kier alpha value is -1.88. The molecule has 0 spiro atoms. The van der Waals surface area contributed by atoms with Crippen molar-refractivity contribution in [1.29, 1.82) is 0 Å². The zero-order chi connectivity index (χ0) is 18.5. The lowest BCUT2D eigenvalue weighted by Gasteiger charge is -2.24. The number of carbonyl (C=O) groups is 2. The number of fused-ring (bicyclic) bond motifs is 1. The molecule has 1 aliphatic heterocycles. The fraction of sp³-hybridized carbons (Fsp3) is 0.619. The van der Waals surface area contributed by atoms with Crippen LogP contribution in [0, 0.1) is 5.92 Å². The maximum atomic E-state index is 12.5. The van der Waals surface area contributed by atoms with E-state index < -0.39 is 0 Å². The Balaban J connectivity index is 1.52. The highest BCUT2D eigenvalue weighted by Crippen LogP contribution is 2.33. The summed E-state index contributed by atoms with van der Waals surface area (Å²) in [6.07, 6.45) is 6.86. The molecular weight excluding hydrogens is 326 g/mol. The Bertz CT molecular complexity index is 632. The van der Waals surface area contributed by atoms with Gasteiger partial charge in [0.1, 0.15) is 0 Å². The van der Waals surface area contributed by atoms with E-state index >= 15 is 0 Å². The maximum absolute atomic E-state index is 12.5. The highest BCUT2D eigenvalue weighted by atomic mass is 16.2. The molecule has 5 heteroatoms. The van der Waals surface area contributed by atoms with Crippen molar-refractivity contribution < 1.29 is 9.59 Å². The first-order chi connectivity index (χ1) is 12.6. The van der Waals surface area contributed by atoms with Gasteiger partial charge in [0.15, 0.2) is 0 Å². The van der Waals surface area contributed by atoms with Crippen LogP contribution in [0.2, 0.25) is 0 Å². The molecule has 1 heterocycles. The Kier molecular flexibility index (Phi) is 6.30. The molecule has 1 aromatic carbocycles. The number of nitrogens with one attached hydrogen (secondary N) is 3. The van der Waals surface area contributed by atoms with Gasteiger partial charge in [-0.2, -0.15) is 0 Å². The van der Waals surface area contributed by atoms with E-state index in [9.17, 15) is 9.59 Å². The zero-order valence-electron chi connectivity index (χ0n) is 15.9. The van der Waals surface area contributed by atoms with E-state index in [1.54, 1.807) is 0 Å². The Morgan fingerprint density at radius 2 is 2.08 bits per heavy atom. The summed E-state index contributed by atoms with van der Waals surface area (Å²) in [6, 6.07) is 8.10. The third-order valence-corrected chi connectivity index (χ3v) is 5.83. The molecule has 1 saturated carbocycles. The molecule has 0 aromatic heterocycles. The van der Waals surface area contributed by atoms with Crippen LogP contribution in [0.4, 0.5) is 0 Å². The van der Waals surface area contributed by atoms with Crippen molar-refractivity contribution in [3.05, 3.63) is 35.4 Å². The third kappa shape index (κ3) is 4.64. The monoisotopic (exact) mass is 357 g/mol. The molecular formula is C21H31N3O2. The van der Waals surface area contributed by atoms with Crippen molar-refractivity contribution in [2.75, 3.05) is 0 Å². The van der Waals surface area contributed by atoms with Crippen molar-refractivity contribution >= 4 is 11.8 Å². The van der Waals surface area contributed by atoms with Crippen LogP contribution in [0.25, 0.3) is 0 Å². The summed E-state index contributed by atoms with van der Waals surface area (Å²) in [6.45, 7) is 4.50. The molecule has 142 valence electrons. The molecule has 1 aromatic rings. The fourth-order valence-corrected chi connectivity index (χ4v) is 4.07. The SMILES string of the molecule is CCC(C)NC(=O)c1cccc(CNC(=O)C2CC3CCCCC3N2)c1. The van der Waals surface area contributed by atoms with E-state index in [1.807, 2.05) is 38.1 Å². The van der Waals surface area contributed by atoms with E-state index in [1.165, 1.54) is 25.7 Å². The fourth-order valence-electron chi connectivity index (χ4n) is 4.07. The smallest absolute Gasteiger partial charge is 0.251 e. The number of benzene rings is 1. The van der Waals surface area contributed by atoms with E-state index in [2.05, 4.69) is 16.0 Å². The normalized spacial score (nSPS) is 26.0. The van der Waals surface area contributed by atoms with Crippen molar-refractivity contribution in [1.82, 2.24) is 16.0 Å². The standard InChI is InChI=1S/C21H31N3O2/c1-3-14(2)23-20(25)17-9-6-7-15(11-17)13-22-21(26)19-12-16-8-4-5-10-18(16)24-19/h6-7,9,11,14,16,18-19,24H,3-5,8,10,12-13H2,1-2H3,(H,22,26)(H,23,25). The summed E-state index contributed by atoms with van der Waals surface area (Å²) < 4.78 is 0. The third-order valence-electron chi connectivity index (χ3n) is 5.83. The Labute approximate surface area is 156 Å². The number of hydrogen-bond donors (Lipinski definition) is 3. The lowest BCUT2D eigenvalue weighted by atomic mass is 9.85. The molecule has 3 N–H and O–H groups in total. The van der Waals surface area contributed by atoms with Gasteiger partial charge in [-0.15, -0.1) is 0 Å². The average Bonchev–Trinajstić information content (AvgIpc) is 3.10. The molecule has 1 saturated heterocycles. The first-order valence-corrected chi connectivity index (χ1v) is 10.0.